The van der Waals surface area contributed by atoms with Crippen LogP contribution in [-0.2, 0) is 6.61 Å². The molecular formula is C17H12N2OS. The van der Waals surface area contributed by atoms with Crippen molar-refractivity contribution in [1.29, 1.82) is 5.26 Å². The van der Waals surface area contributed by atoms with Crippen LogP contribution in [-0.4, -0.2) is 4.98 Å². The SMILES string of the molecule is N#Cc1ccc(OCc2csc(-c3ccccc3)n2)cc1. The molecule has 0 atom stereocenters. The summed E-state index contributed by atoms with van der Waals surface area (Å²) >= 11 is 1.61. The van der Waals surface area contributed by atoms with Crippen molar-refractivity contribution in [2.75, 3.05) is 0 Å². The smallest absolute Gasteiger partial charge is 0.131 e. The van der Waals surface area contributed by atoms with Gasteiger partial charge in [0.05, 0.1) is 17.3 Å². The number of hydrogen-bond donors (Lipinski definition) is 0. The Kier molecular flexibility index (Phi) is 3.95. The van der Waals surface area contributed by atoms with Crippen LogP contribution in [0.1, 0.15) is 11.3 Å². The van der Waals surface area contributed by atoms with Crippen LogP contribution in [0.5, 0.6) is 5.75 Å². The maximum absolute atomic E-state index is 8.75. The van der Waals surface area contributed by atoms with Gasteiger partial charge in [-0.15, -0.1) is 11.3 Å². The summed E-state index contributed by atoms with van der Waals surface area (Å²) in [6.07, 6.45) is 0. The fraction of sp³-hybridized carbons (Fsp3) is 0.0588. The molecule has 0 saturated carbocycles. The zero-order valence-electron chi connectivity index (χ0n) is 11.2. The number of hydrogen-bond acceptors (Lipinski definition) is 4. The summed E-state index contributed by atoms with van der Waals surface area (Å²) < 4.78 is 5.68. The van der Waals surface area contributed by atoms with E-state index in [9.17, 15) is 0 Å². The summed E-state index contributed by atoms with van der Waals surface area (Å²) in [4.78, 5) is 4.57. The summed E-state index contributed by atoms with van der Waals surface area (Å²) in [7, 11) is 0. The van der Waals surface area contributed by atoms with E-state index in [0.717, 1.165) is 22.0 Å². The summed E-state index contributed by atoms with van der Waals surface area (Å²) in [5.74, 6) is 0.739. The standard InChI is InChI=1S/C17H12N2OS/c18-10-13-6-8-16(9-7-13)20-11-15-12-21-17(19-15)14-4-2-1-3-5-14/h1-9,12H,11H2. The second-order valence-electron chi connectivity index (χ2n) is 4.43. The lowest BCUT2D eigenvalue weighted by Crippen LogP contribution is -1.95. The van der Waals surface area contributed by atoms with Crippen LogP contribution in [0.25, 0.3) is 10.6 Å². The topological polar surface area (TPSA) is 45.9 Å². The van der Waals surface area contributed by atoms with Crippen LogP contribution in [0.2, 0.25) is 0 Å². The van der Waals surface area contributed by atoms with Crippen molar-refractivity contribution in [1.82, 2.24) is 4.98 Å². The minimum atomic E-state index is 0.426. The number of ether oxygens (including phenoxy) is 1. The van der Waals surface area contributed by atoms with Gasteiger partial charge < -0.3 is 4.74 Å². The molecule has 21 heavy (non-hydrogen) atoms. The molecule has 0 aliphatic heterocycles. The van der Waals surface area contributed by atoms with Crippen molar-refractivity contribution >= 4 is 11.3 Å². The van der Waals surface area contributed by atoms with E-state index in [1.54, 1.807) is 35.6 Å². The number of nitrogens with zero attached hydrogens (tertiary/aromatic N) is 2. The minimum Gasteiger partial charge on any atom is -0.487 e. The Morgan fingerprint density at radius 3 is 2.52 bits per heavy atom. The van der Waals surface area contributed by atoms with Crippen molar-refractivity contribution in [3.8, 4) is 22.4 Å². The Labute approximate surface area is 127 Å². The van der Waals surface area contributed by atoms with E-state index in [2.05, 4.69) is 11.1 Å². The van der Waals surface area contributed by atoms with Crippen molar-refractivity contribution in [2.45, 2.75) is 6.61 Å². The van der Waals surface area contributed by atoms with Crippen LogP contribution >= 0.6 is 11.3 Å². The first-order chi connectivity index (χ1) is 10.3. The van der Waals surface area contributed by atoms with E-state index >= 15 is 0 Å². The van der Waals surface area contributed by atoms with Crippen LogP contribution in [0.15, 0.2) is 60.0 Å². The molecule has 0 bridgehead atoms. The number of aromatic nitrogens is 1. The average Bonchev–Trinajstić information content (AvgIpc) is 3.03. The van der Waals surface area contributed by atoms with Gasteiger partial charge >= 0.3 is 0 Å². The molecule has 0 saturated heterocycles. The van der Waals surface area contributed by atoms with E-state index in [-0.39, 0.29) is 0 Å². The molecular weight excluding hydrogens is 280 g/mol. The molecule has 3 nitrogen and oxygen atoms in total. The van der Waals surface area contributed by atoms with Crippen molar-refractivity contribution in [3.05, 3.63) is 71.2 Å². The average molecular weight is 292 g/mol. The highest BCUT2D eigenvalue weighted by molar-refractivity contribution is 7.13. The van der Waals surface area contributed by atoms with E-state index in [1.807, 2.05) is 35.7 Å². The minimum absolute atomic E-state index is 0.426. The molecule has 1 aromatic heterocycles. The van der Waals surface area contributed by atoms with E-state index in [1.165, 1.54) is 0 Å². The van der Waals surface area contributed by atoms with Gasteiger partial charge in [0, 0.05) is 10.9 Å². The van der Waals surface area contributed by atoms with Gasteiger partial charge in [-0.3, -0.25) is 0 Å². The molecule has 2 aromatic carbocycles. The van der Waals surface area contributed by atoms with Gasteiger partial charge in [-0.1, -0.05) is 30.3 Å². The zero-order chi connectivity index (χ0) is 14.5. The molecule has 0 unspecified atom stereocenters. The lowest BCUT2D eigenvalue weighted by atomic mass is 10.2. The fourth-order valence-electron chi connectivity index (χ4n) is 1.87. The Hall–Kier alpha value is -2.64. The fourth-order valence-corrected chi connectivity index (χ4v) is 2.68. The Morgan fingerprint density at radius 1 is 1.05 bits per heavy atom. The molecule has 0 radical (unpaired) electrons. The highest BCUT2D eigenvalue weighted by Crippen LogP contribution is 2.24. The van der Waals surface area contributed by atoms with E-state index in [4.69, 9.17) is 10.00 Å². The first kappa shape index (κ1) is 13.3. The lowest BCUT2D eigenvalue weighted by Gasteiger charge is -2.03. The molecule has 4 heteroatoms. The van der Waals surface area contributed by atoms with Crippen LogP contribution in [0.4, 0.5) is 0 Å². The first-order valence-electron chi connectivity index (χ1n) is 6.48. The van der Waals surface area contributed by atoms with Crippen LogP contribution < -0.4 is 4.74 Å². The van der Waals surface area contributed by atoms with E-state index < -0.39 is 0 Å². The number of thiazole rings is 1. The van der Waals surface area contributed by atoms with Gasteiger partial charge in [-0.05, 0) is 24.3 Å². The molecule has 0 fully saturated rings. The highest BCUT2D eigenvalue weighted by Gasteiger charge is 2.05. The second kappa shape index (κ2) is 6.21. The van der Waals surface area contributed by atoms with Gasteiger partial charge in [0.1, 0.15) is 17.4 Å². The summed E-state index contributed by atoms with van der Waals surface area (Å²) in [6.45, 7) is 0.426. The third-order valence-corrected chi connectivity index (χ3v) is 3.88. The van der Waals surface area contributed by atoms with E-state index in [0.29, 0.717) is 12.2 Å². The zero-order valence-corrected chi connectivity index (χ0v) is 12.0. The summed E-state index contributed by atoms with van der Waals surface area (Å²) in [6, 6.07) is 19.2. The van der Waals surface area contributed by atoms with Gasteiger partial charge in [0.2, 0.25) is 0 Å². The number of rotatable bonds is 4. The molecule has 0 amide bonds. The third kappa shape index (κ3) is 3.28. The maximum atomic E-state index is 8.75. The van der Waals surface area contributed by atoms with Crippen molar-refractivity contribution in [2.24, 2.45) is 0 Å². The maximum Gasteiger partial charge on any atom is 0.131 e. The normalized spacial score (nSPS) is 10.0. The number of nitriles is 1. The Balaban J connectivity index is 1.66. The van der Waals surface area contributed by atoms with Gasteiger partial charge in [0.25, 0.3) is 0 Å². The molecule has 0 aliphatic carbocycles. The van der Waals surface area contributed by atoms with Crippen LogP contribution in [0.3, 0.4) is 0 Å². The molecule has 1 heterocycles. The van der Waals surface area contributed by atoms with Crippen molar-refractivity contribution < 1.29 is 4.74 Å². The molecule has 0 aliphatic rings. The second-order valence-corrected chi connectivity index (χ2v) is 5.29. The number of benzene rings is 2. The first-order valence-corrected chi connectivity index (χ1v) is 7.36. The monoisotopic (exact) mass is 292 g/mol. The predicted octanol–water partition coefficient (Wildman–Crippen LogP) is 4.26. The van der Waals surface area contributed by atoms with Gasteiger partial charge in [-0.25, -0.2) is 4.98 Å². The largest absolute Gasteiger partial charge is 0.487 e. The van der Waals surface area contributed by atoms with Gasteiger partial charge in [0.15, 0.2) is 0 Å². The molecule has 102 valence electrons. The molecule has 3 rings (SSSR count). The molecule has 0 N–H and O–H groups in total. The molecule has 3 aromatic rings. The quantitative estimate of drug-likeness (QED) is 0.721. The lowest BCUT2D eigenvalue weighted by molar-refractivity contribution is 0.302. The van der Waals surface area contributed by atoms with Crippen LogP contribution in [0, 0.1) is 11.3 Å². The molecule has 0 spiro atoms. The van der Waals surface area contributed by atoms with Crippen molar-refractivity contribution in [3.63, 3.8) is 0 Å². The third-order valence-electron chi connectivity index (χ3n) is 2.94. The summed E-state index contributed by atoms with van der Waals surface area (Å²) in [5.41, 5.74) is 2.65. The Morgan fingerprint density at radius 2 is 1.81 bits per heavy atom. The predicted molar refractivity (Wildman–Crippen MR) is 83.0 cm³/mol. The van der Waals surface area contributed by atoms with Gasteiger partial charge in [-0.2, -0.15) is 5.26 Å². The Bertz CT molecular complexity index is 757. The summed E-state index contributed by atoms with van der Waals surface area (Å²) in [5, 5.41) is 11.7. The highest BCUT2D eigenvalue weighted by atomic mass is 32.1.